The number of benzene rings is 2. The zero-order valence-corrected chi connectivity index (χ0v) is 19.6. The van der Waals surface area contributed by atoms with Gasteiger partial charge in [0.2, 0.25) is 0 Å². The number of halogens is 1. The molecule has 5 rings (SSSR count). The molecule has 0 unspecified atom stereocenters. The summed E-state index contributed by atoms with van der Waals surface area (Å²) < 4.78 is 16.3. The molecule has 1 aromatic heterocycles. The highest BCUT2D eigenvalue weighted by atomic mass is 19.1. The molecule has 3 aromatic rings. The molecule has 1 amide bonds. The Labute approximate surface area is 203 Å². The summed E-state index contributed by atoms with van der Waals surface area (Å²) in [6, 6.07) is 11.8. The Kier molecular flexibility index (Phi) is 6.69. The van der Waals surface area contributed by atoms with Crippen molar-refractivity contribution in [2.75, 3.05) is 39.4 Å². The summed E-state index contributed by atoms with van der Waals surface area (Å²) in [6.45, 7) is 2.93. The van der Waals surface area contributed by atoms with E-state index in [-0.39, 0.29) is 30.2 Å². The Bertz CT molecular complexity index is 1250. The number of carbonyl (C=O) groups excluding carboxylic acids is 2. The normalized spacial score (nSPS) is 18.4. The van der Waals surface area contributed by atoms with Crippen LogP contribution in [0.25, 0.3) is 10.9 Å². The van der Waals surface area contributed by atoms with Crippen LogP contribution in [0.1, 0.15) is 44.8 Å². The number of hydrogen-bond donors (Lipinski definition) is 2. The van der Waals surface area contributed by atoms with Crippen molar-refractivity contribution in [1.82, 2.24) is 14.4 Å². The predicted molar refractivity (Wildman–Crippen MR) is 130 cm³/mol. The fourth-order valence-corrected chi connectivity index (χ4v) is 5.49. The van der Waals surface area contributed by atoms with Crippen LogP contribution in [-0.2, 0) is 13.0 Å². The second-order valence-electron chi connectivity index (χ2n) is 9.40. The Hall–Kier alpha value is -3.07. The summed E-state index contributed by atoms with van der Waals surface area (Å²) in [6.07, 6.45) is 2.71. The molecule has 8 heteroatoms. The van der Waals surface area contributed by atoms with Crippen LogP contribution in [0.5, 0.6) is 0 Å². The number of amides is 1. The number of hydrogen-bond acceptors (Lipinski definition) is 5. The number of ketones is 1. The molecule has 3 heterocycles. The third kappa shape index (κ3) is 4.49. The first kappa shape index (κ1) is 23.7. The fourth-order valence-electron chi connectivity index (χ4n) is 5.49. The number of likely N-dealkylation sites (tertiary alicyclic amines) is 1. The number of nitrogens with zero attached hydrogens (tertiary/aromatic N) is 3. The van der Waals surface area contributed by atoms with Gasteiger partial charge in [0.05, 0.1) is 12.2 Å². The zero-order valence-electron chi connectivity index (χ0n) is 19.6. The van der Waals surface area contributed by atoms with Crippen LogP contribution in [0, 0.1) is 5.82 Å². The highest BCUT2D eigenvalue weighted by Gasteiger charge is 2.32. The number of rotatable bonds is 8. The van der Waals surface area contributed by atoms with Crippen LogP contribution in [-0.4, -0.2) is 81.7 Å². The highest BCUT2D eigenvalue weighted by molar-refractivity contribution is 6.09. The molecule has 0 saturated carbocycles. The topological polar surface area (TPSA) is 86.0 Å². The first-order valence-corrected chi connectivity index (χ1v) is 12.2. The standard InChI is InChI=1S/C27H30FN3O4/c28-20-7-8-23-22(14-20)26-24(31(23)15-18-3-5-19(6-4-18)25(34)17-33)9-11-30(27(26)35)13-12-29-10-1-2-21(29)16-32/h3-8,14,21,32-33H,1-2,9-13,15-17H2/t21-/m0/s1. The van der Waals surface area contributed by atoms with Crippen molar-refractivity contribution in [2.45, 2.75) is 31.8 Å². The fraction of sp³-hybridized carbons (Fsp3) is 0.407. The summed E-state index contributed by atoms with van der Waals surface area (Å²) in [7, 11) is 0. The minimum Gasteiger partial charge on any atom is -0.395 e. The van der Waals surface area contributed by atoms with Crippen molar-refractivity contribution >= 4 is 22.6 Å². The Morgan fingerprint density at radius 3 is 2.60 bits per heavy atom. The summed E-state index contributed by atoms with van der Waals surface area (Å²) in [5, 5.41) is 19.3. The number of fused-ring (bicyclic) bond motifs is 3. The maximum Gasteiger partial charge on any atom is 0.256 e. The van der Waals surface area contributed by atoms with Gasteiger partial charge in [-0.25, -0.2) is 4.39 Å². The first-order valence-electron chi connectivity index (χ1n) is 12.2. The second kappa shape index (κ2) is 9.89. The van der Waals surface area contributed by atoms with E-state index in [1.165, 1.54) is 12.1 Å². The molecular formula is C27H30FN3O4. The monoisotopic (exact) mass is 479 g/mol. The Balaban J connectivity index is 1.43. The molecular weight excluding hydrogens is 449 g/mol. The quantitative estimate of drug-likeness (QED) is 0.485. The van der Waals surface area contributed by atoms with Gasteiger partial charge < -0.3 is 19.7 Å². The summed E-state index contributed by atoms with van der Waals surface area (Å²) in [5.41, 5.74) is 3.67. The van der Waals surface area contributed by atoms with Gasteiger partial charge in [-0.05, 0) is 43.1 Å². The van der Waals surface area contributed by atoms with E-state index >= 15 is 0 Å². The molecule has 1 fully saturated rings. The van der Waals surface area contributed by atoms with Gasteiger partial charge in [-0.3, -0.25) is 14.5 Å². The summed E-state index contributed by atoms with van der Waals surface area (Å²) in [4.78, 5) is 29.4. The molecule has 2 aliphatic heterocycles. The number of carbonyl (C=O) groups is 2. The van der Waals surface area contributed by atoms with Crippen molar-refractivity contribution < 1.29 is 24.2 Å². The summed E-state index contributed by atoms with van der Waals surface area (Å²) >= 11 is 0. The Morgan fingerprint density at radius 1 is 1.06 bits per heavy atom. The van der Waals surface area contributed by atoms with E-state index in [9.17, 15) is 19.1 Å². The molecule has 7 nitrogen and oxygen atoms in total. The van der Waals surface area contributed by atoms with Crippen LogP contribution in [0.3, 0.4) is 0 Å². The average Bonchev–Trinajstić information content (AvgIpc) is 3.46. The largest absolute Gasteiger partial charge is 0.395 e. The molecule has 2 N–H and O–H groups in total. The highest BCUT2D eigenvalue weighted by Crippen LogP contribution is 2.32. The maximum atomic E-state index is 14.2. The van der Waals surface area contributed by atoms with Gasteiger partial charge in [-0.15, -0.1) is 0 Å². The molecule has 35 heavy (non-hydrogen) atoms. The van der Waals surface area contributed by atoms with Crippen molar-refractivity contribution in [3.8, 4) is 0 Å². The number of aliphatic hydroxyl groups is 2. The SMILES string of the molecule is O=C(CO)c1ccc(Cn2c3c(c4cc(F)ccc42)C(=O)N(CCN2CCC[C@H]2CO)CC3)cc1. The Morgan fingerprint density at radius 2 is 1.86 bits per heavy atom. The van der Waals surface area contributed by atoms with Crippen LogP contribution >= 0.6 is 0 Å². The van der Waals surface area contributed by atoms with Gasteiger partial charge in [0.15, 0.2) is 5.78 Å². The van der Waals surface area contributed by atoms with Crippen molar-refractivity contribution in [1.29, 1.82) is 0 Å². The summed E-state index contributed by atoms with van der Waals surface area (Å²) in [5.74, 6) is -0.790. The molecule has 1 atom stereocenters. The van der Waals surface area contributed by atoms with E-state index in [0.29, 0.717) is 42.6 Å². The maximum absolute atomic E-state index is 14.2. The molecule has 1 saturated heterocycles. The van der Waals surface area contributed by atoms with Gasteiger partial charge in [-0.2, -0.15) is 0 Å². The average molecular weight is 480 g/mol. The zero-order chi connectivity index (χ0) is 24.5. The van der Waals surface area contributed by atoms with E-state index in [1.807, 2.05) is 17.0 Å². The minimum atomic E-state index is -0.530. The molecule has 2 aliphatic rings. The van der Waals surface area contributed by atoms with Crippen LogP contribution < -0.4 is 0 Å². The first-order chi connectivity index (χ1) is 17.0. The third-order valence-electron chi connectivity index (χ3n) is 7.38. The van der Waals surface area contributed by atoms with Gasteiger partial charge in [0.25, 0.3) is 5.91 Å². The number of aromatic nitrogens is 1. The lowest BCUT2D eigenvalue weighted by molar-refractivity contribution is 0.0703. The number of Topliss-reactive ketones (excluding diaryl/α,β-unsaturated/α-hetero) is 1. The van der Waals surface area contributed by atoms with Gasteiger partial charge in [0, 0.05) is 60.8 Å². The van der Waals surface area contributed by atoms with Crippen molar-refractivity contribution in [3.63, 3.8) is 0 Å². The smallest absolute Gasteiger partial charge is 0.256 e. The third-order valence-corrected chi connectivity index (χ3v) is 7.38. The predicted octanol–water partition coefficient (Wildman–Crippen LogP) is 2.46. The van der Waals surface area contributed by atoms with E-state index < -0.39 is 6.61 Å². The lowest BCUT2D eigenvalue weighted by Gasteiger charge is -2.31. The van der Waals surface area contributed by atoms with Gasteiger partial charge in [-0.1, -0.05) is 24.3 Å². The number of aliphatic hydroxyl groups excluding tert-OH is 2. The lowest BCUT2D eigenvalue weighted by atomic mass is 10.0. The van der Waals surface area contributed by atoms with Crippen molar-refractivity contribution in [3.05, 3.63) is 70.7 Å². The van der Waals surface area contributed by atoms with E-state index in [0.717, 1.165) is 42.7 Å². The van der Waals surface area contributed by atoms with E-state index in [4.69, 9.17) is 5.11 Å². The van der Waals surface area contributed by atoms with Crippen LogP contribution in [0.2, 0.25) is 0 Å². The van der Waals surface area contributed by atoms with Crippen molar-refractivity contribution in [2.24, 2.45) is 0 Å². The van der Waals surface area contributed by atoms with Crippen LogP contribution in [0.15, 0.2) is 42.5 Å². The van der Waals surface area contributed by atoms with Gasteiger partial charge >= 0.3 is 0 Å². The van der Waals surface area contributed by atoms with E-state index in [2.05, 4.69) is 9.47 Å². The molecule has 184 valence electrons. The van der Waals surface area contributed by atoms with Crippen LogP contribution in [0.4, 0.5) is 4.39 Å². The molecule has 0 radical (unpaired) electrons. The van der Waals surface area contributed by atoms with E-state index in [1.54, 1.807) is 18.2 Å². The second-order valence-corrected chi connectivity index (χ2v) is 9.40. The minimum absolute atomic E-state index is 0.0794. The molecule has 2 aromatic carbocycles. The molecule has 0 bridgehead atoms. The molecule has 0 spiro atoms. The lowest BCUT2D eigenvalue weighted by Crippen LogP contribution is -2.44. The molecule has 0 aliphatic carbocycles. The van der Waals surface area contributed by atoms with Gasteiger partial charge in [0.1, 0.15) is 12.4 Å².